The summed E-state index contributed by atoms with van der Waals surface area (Å²) in [4.78, 5) is 0. The maximum absolute atomic E-state index is 13.9. The molecule has 0 bridgehead atoms. The Labute approximate surface area is 129 Å². The number of rotatable bonds is 1. The van der Waals surface area contributed by atoms with E-state index in [0.29, 0.717) is 24.3 Å². The van der Waals surface area contributed by atoms with Crippen molar-refractivity contribution in [3.05, 3.63) is 58.7 Å². The van der Waals surface area contributed by atoms with Crippen molar-refractivity contribution in [3.63, 3.8) is 0 Å². The summed E-state index contributed by atoms with van der Waals surface area (Å²) in [5, 5.41) is 8.57. The lowest BCUT2D eigenvalue weighted by molar-refractivity contribution is -0.142. The van der Waals surface area contributed by atoms with Gasteiger partial charge < -0.3 is 0 Å². The first-order valence-corrected chi connectivity index (χ1v) is 6.13. The number of alkyl halides is 6. The van der Waals surface area contributed by atoms with Gasteiger partial charge in [-0.05, 0) is 29.8 Å². The molecule has 9 heteroatoms. The zero-order chi connectivity index (χ0) is 18.3. The Kier molecular flexibility index (Phi) is 4.27. The van der Waals surface area contributed by atoms with Gasteiger partial charge in [0.15, 0.2) is 0 Å². The molecule has 0 aliphatic rings. The van der Waals surface area contributed by atoms with Gasteiger partial charge in [-0.1, -0.05) is 6.07 Å². The summed E-state index contributed by atoms with van der Waals surface area (Å²) in [6.45, 7) is 0. The van der Waals surface area contributed by atoms with Crippen LogP contribution in [0.25, 0.3) is 11.1 Å². The zero-order valence-electron chi connectivity index (χ0n) is 11.4. The fourth-order valence-electron chi connectivity index (χ4n) is 2.07. The molecule has 1 nitrogen and oxygen atoms in total. The number of nitrogens with zero attached hydrogens (tertiary/aromatic N) is 1. The molecular weight excluding hydrogens is 346 g/mol. The summed E-state index contributed by atoms with van der Waals surface area (Å²) in [6.07, 6.45) is -10.3. The summed E-state index contributed by atoms with van der Waals surface area (Å²) < 4.78 is 105. The number of benzene rings is 2. The van der Waals surface area contributed by atoms with Gasteiger partial charge in [0.2, 0.25) is 0 Å². The molecule has 0 aliphatic carbocycles. The summed E-state index contributed by atoms with van der Waals surface area (Å²) in [5.74, 6) is -2.98. The molecule has 0 radical (unpaired) electrons. The van der Waals surface area contributed by atoms with E-state index in [1.54, 1.807) is 0 Å². The van der Waals surface area contributed by atoms with Crippen molar-refractivity contribution < 1.29 is 35.1 Å². The predicted molar refractivity (Wildman–Crippen MR) is 66.5 cm³/mol. The zero-order valence-corrected chi connectivity index (χ0v) is 11.4. The number of halogens is 8. The SMILES string of the molecule is N#Cc1cc(F)c(-c2ccc(C(F)(F)F)cc2C(F)(F)F)c(F)c1. The van der Waals surface area contributed by atoms with Crippen molar-refractivity contribution in [3.8, 4) is 17.2 Å². The van der Waals surface area contributed by atoms with Crippen LogP contribution in [0.2, 0.25) is 0 Å². The van der Waals surface area contributed by atoms with Crippen LogP contribution in [0.4, 0.5) is 35.1 Å². The van der Waals surface area contributed by atoms with E-state index in [2.05, 4.69) is 0 Å². The van der Waals surface area contributed by atoms with Gasteiger partial charge in [-0.3, -0.25) is 0 Å². The van der Waals surface area contributed by atoms with E-state index in [9.17, 15) is 35.1 Å². The minimum atomic E-state index is -5.27. The third kappa shape index (κ3) is 3.32. The quantitative estimate of drug-likeness (QED) is 0.619. The molecule has 0 amide bonds. The molecule has 0 saturated heterocycles. The van der Waals surface area contributed by atoms with E-state index in [1.807, 2.05) is 0 Å². The van der Waals surface area contributed by atoms with Crippen LogP contribution in [0.3, 0.4) is 0 Å². The fraction of sp³-hybridized carbons (Fsp3) is 0.133. The monoisotopic (exact) mass is 351 g/mol. The maximum atomic E-state index is 13.9. The molecule has 2 aromatic rings. The molecule has 0 spiro atoms. The van der Waals surface area contributed by atoms with Crippen molar-refractivity contribution in [2.75, 3.05) is 0 Å². The van der Waals surface area contributed by atoms with E-state index < -0.39 is 51.8 Å². The van der Waals surface area contributed by atoms with Gasteiger partial charge in [0.05, 0.1) is 28.3 Å². The van der Waals surface area contributed by atoms with E-state index >= 15 is 0 Å². The minimum absolute atomic E-state index is 0.216. The van der Waals surface area contributed by atoms with Gasteiger partial charge >= 0.3 is 12.4 Å². The molecule has 2 aromatic carbocycles. The Bertz CT molecular complexity index is 804. The molecule has 126 valence electrons. The normalized spacial score (nSPS) is 12.1. The van der Waals surface area contributed by atoms with Crippen molar-refractivity contribution in [1.82, 2.24) is 0 Å². The van der Waals surface area contributed by atoms with Crippen LogP contribution in [0.5, 0.6) is 0 Å². The minimum Gasteiger partial charge on any atom is -0.206 e. The van der Waals surface area contributed by atoms with Gasteiger partial charge in [0.25, 0.3) is 0 Å². The molecule has 0 N–H and O–H groups in total. The van der Waals surface area contributed by atoms with E-state index in [-0.39, 0.29) is 6.07 Å². The molecule has 0 unspecified atom stereocenters. The maximum Gasteiger partial charge on any atom is 0.417 e. The van der Waals surface area contributed by atoms with Crippen LogP contribution in [-0.4, -0.2) is 0 Å². The van der Waals surface area contributed by atoms with Crippen LogP contribution in [0.1, 0.15) is 16.7 Å². The summed E-state index contributed by atoms with van der Waals surface area (Å²) in [7, 11) is 0. The summed E-state index contributed by atoms with van der Waals surface area (Å²) in [6, 6.07) is 2.83. The third-order valence-corrected chi connectivity index (χ3v) is 3.09. The molecule has 0 aliphatic heterocycles. The largest absolute Gasteiger partial charge is 0.417 e. The highest BCUT2D eigenvalue weighted by Crippen LogP contribution is 2.42. The second-order valence-corrected chi connectivity index (χ2v) is 4.68. The van der Waals surface area contributed by atoms with Gasteiger partial charge in [-0.2, -0.15) is 31.6 Å². The van der Waals surface area contributed by atoms with Crippen molar-refractivity contribution >= 4 is 0 Å². The average Bonchev–Trinajstić information content (AvgIpc) is 2.44. The smallest absolute Gasteiger partial charge is 0.206 e. The number of nitriles is 1. The van der Waals surface area contributed by atoms with Crippen molar-refractivity contribution in [2.24, 2.45) is 0 Å². The standard InChI is InChI=1S/C15H5F8N/c16-11-3-7(6-24)4-12(17)13(11)9-2-1-8(14(18,19)20)5-10(9)15(21,22)23/h1-5H. The van der Waals surface area contributed by atoms with E-state index in [1.165, 1.54) is 6.07 Å². The third-order valence-electron chi connectivity index (χ3n) is 3.09. The highest BCUT2D eigenvalue weighted by Gasteiger charge is 2.39. The van der Waals surface area contributed by atoms with Crippen LogP contribution in [0.15, 0.2) is 30.3 Å². The topological polar surface area (TPSA) is 23.8 Å². The Morgan fingerprint density at radius 2 is 1.33 bits per heavy atom. The van der Waals surface area contributed by atoms with Gasteiger partial charge in [-0.15, -0.1) is 0 Å². The first kappa shape index (κ1) is 17.7. The highest BCUT2D eigenvalue weighted by atomic mass is 19.4. The predicted octanol–water partition coefficient (Wildman–Crippen LogP) is 5.54. The average molecular weight is 351 g/mol. The van der Waals surface area contributed by atoms with Crippen LogP contribution >= 0.6 is 0 Å². The Balaban J connectivity index is 2.79. The van der Waals surface area contributed by atoms with Crippen LogP contribution in [-0.2, 0) is 12.4 Å². The first-order valence-electron chi connectivity index (χ1n) is 6.13. The fourth-order valence-corrected chi connectivity index (χ4v) is 2.07. The molecule has 2 rings (SSSR count). The molecule has 0 atom stereocenters. The van der Waals surface area contributed by atoms with Crippen molar-refractivity contribution in [2.45, 2.75) is 12.4 Å². The molecule has 0 heterocycles. The summed E-state index contributed by atoms with van der Waals surface area (Å²) >= 11 is 0. The Morgan fingerprint density at radius 3 is 1.75 bits per heavy atom. The van der Waals surface area contributed by atoms with Crippen LogP contribution < -0.4 is 0 Å². The van der Waals surface area contributed by atoms with E-state index in [0.717, 1.165) is 0 Å². The molecular formula is C15H5F8N. The Morgan fingerprint density at radius 1 is 0.792 bits per heavy atom. The highest BCUT2D eigenvalue weighted by molar-refractivity contribution is 5.70. The van der Waals surface area contributed by atoms with Crippen molar-refractivity contribution in [1.29, 1.82) is 5.26 Å². The first-order chi connectivity index (χ1) is 10.9. The van der Waals surface area contributed by atoms with Gasteiger partial charge in [0, 0.05) is 0 Å². The van der Waals surface area contributed by atoms with Gasteiger partial charge in [-0.25, -0.2) is 8.78 Å². The second-order valence-electron chi connectivity index (χ2n) is 4.68. The molecule has 0 aromatic heterocycles. The Hall–Kier alpha value is -2.63. The number of hydrogen-bond acceptors (Lipinski definition) is 1. The lowest BCUT2D eigenvalue weighted by atomic mass is 9.95. The molecule has 24 heavy (non-hydrogen) atoms. The number of hydrogen-bond donors (Lipinski definition) is 0. The molecule has 0 saturated carbocycles. The molecule has 0 fully saturated rings. The van der Waals surface area contributed by atoms with Gasteiger partial charge in [0.1, 0.15) is 11.6 Å². The second kappa shape index (κ2) is 5.78. The lowest BCUT2D eigenvalue weighted by Crippen LogP contribution is -2.12. The summed E-state index contributed by atoms with van der Waals surface area (Å²) in [5.41, 5.74) is -6.16. The van der Waals surface area contributed by atoms with E-state index in [4.69, 9.17) is 5.26 Å². The van der Waals surface area contributed by atoms with Crippen LogP contribution in [0, 0.1) is 23.0 Å². The lowest BCUT2D eigenvalue weighted by Gasteiger charge is -2.17.